The highest BCUT2D eigenvalue weighted by molar-refractivity contribution is 5.75. The van der Waals surface area contributed by atoms with Crippen LogP contribution in [0, 0.1) is 17.7 Å². The third-order valence-electron chi connectivity index (χ3n) is 4.95. The number of cyclic esters (lactones) is 1. The molecule has 1 saturated heterocycles. The third kappa shape index (κ3) is 5.03. The van der Waals surface area contributed by atoms with E-state index >= 15 is 0 Å². The first kappa shape index (κ1) is 17.9. The normalized spacial score (nSPS) is 29.3. The molecule has 1 aliphatic heterocycles. The Hall–Kier alpha value is -1.42. The first-order valence-electron chi connectivity index (χ1n) is 8.71. The SMILES string of the molecule is CCC[C@H]1CCC[C@H](N)C(=O)O[C@@H](C)[C@@H]1Cc1ccc(F)cc1. The molecule has 0 saturated carbocycles. The second-order valence-corrected chi connectivity index (χ2v) is 6.72. The molecule has 0 unspecified atom stereocenters. The average molecular weight is 321 g/mol. The summed E-state index contributed by atoms with van der Waals surface area (Å²) in [4.78, 5) is 12.0. The number of carbonyl (C=O) groups excluding carboxylic acids is 1. The van der Waals surface area contributed by atoms with Gasteiger partial charge in [-0.1, -0.05) is 38.3 Å². The summed E-state index contributed by atoms with van der Waals surface area (Å²) in [5.41, 5.74) is 6.98. The molecule has 0 bridgehead atoms. The van der Waals surface area contributed by atoms with Crippen LogP contribution in [0.15, 0.2) is 24.3 Å². The van der Waals surface area contributed by atoms with E-state index in [-0.39, 0.29) is 23.8 Å². The molecule has 128 valence electrons. The molecular weight excluding hydrogens is 293 g/mol. The second kappa shape index (κ2) is 8.44. The predicted octanol–water partition coefficient (Wildman–Crippen LogP) is 3.84. The number of hydrogen-bond acceptors (Lipinski definition) is 3. The van der Waals surface area contributed by atoms with Gasteiger partial charge in [0.1, 0.15) is 18.0 Å². The number of rotatable bonds is 4. The highest BCUT2D eigenvalue weighted by atomic mass is 19.1. The Balaban J connectivity index is 2.19. The van der Waals surface area contributed by atoms with Gasteiger partial charge in [-0.3, -0.25) is 4.79 Å². The van der Waals surface area contributed by atoms with Gasteiger partial charge < -0.3 is 10.5 Å². The van der Waals surface area contributed by atoms with Crippen molar-refractivity contribution >= 4 is 5.97 Å². The molecule has 23 heavy (non-hydrogen) atoms. The van der Waals surface area contributed by atoms with E-state index < -0.39 is 6.04 Å². The highest BCUT2D eigenvalue weighted by Gasteiger charge is 2.32. The van der Waals surface area contributed by atoms with Gasteiger partial charge in [-0.25, -0.2) is 4.39 Å². The van der Waals surface area contributed by atoms with Gasteiger partial charge >= 0.3 is 5.97 Å². The highest BCUT2D eigenvalue weighted by Crippen LogP contribution is 2.32. The van der Waals surface area contributed by atoms with Crippen molar-refractivity contribution in [3.63, 3.8) is 0 Å². The molecule has 1 heterocycles. The smallest absolute Gasteiger partial charge is 0.323 e. The van der Waals surface area contributed by atoms with Crippen molar-refractivity contribution in [3.8, 4) is 0 Å². The number of benzene rings is 1. The minimum atomic E-state index is -0.510. The molecule has 3 nitrogen and oxygen atoms in total. The van der Waals surface area contributed by atoms with E-state index in [0.29, 0.717) is 12.3 Å². The van der Waals surface area contributed by atoms with Gasteiger partial charge in [0.25, 0.3) is 0 Å². The lowest BCUT2D eigenvalue weighted by molar-refractivity contribution is -0.153. The number of esters is 1. The van der Waals surface area contributed by atoms with Gasteiger partial charge in [-0.05, 0) is 49.8 Å². The zero-order valence-electron chi connectivity index (χ0n) is 14.1. The molecule has 2 rings (SSSR count). The first-order valence-corrected chi connectivity index (χ1v) is 8.71. The number of carbonyl (C=O) groups is 1. The number of hydrogen-bond donors (Lipinski definition) is 1. The fourth-order valence-corrected chi connectivity index (χ4v) is 3.63. The molecule has 4 atom stereocenters. The fraction of sp³-hybridized carbons (Fsp3) is 0.632. The lowest BCUT2D eigenvalue weighted by Gasteiger charge is -2.31. The molecule has 0 aliphatic carbocycles. The third-order valence-corrected chi connectivity index (χ3v) is 4.95. The summed E-state index contributed by atoms with van der Waals surface area (Å²) in [7, 11) is 0. The summed E-state index contributed by atoms with van der Waals surface area (Å²) in [5, 5.41) is 0. The van der Waals surface area contributed by atoms with E-state index in [0.717, 1.165) is 37.7 Å². The van der Waals surface area contributed by atoms with Crippen LogP contribution in [0.5, 0.6) is 0 Å². The molecular formula is C19H28FNO2. The Morgan fingerprint density at radius 2 is 1.96 bits per heavy atom. The lowest BCUT2D eigenvalue weighted by atomic mass is 9.78. The van der Waals surface area contributed by atoms with Gasteiger partial charge in [0.2, 0.25) is 0 Å². The van der Waals surface area contributed by atoms with Crippen molar-refractivity contribution in [2.24, 2.45) is 17.6 Å². The maximum Gasteiger partial charge on any atom is 0.323 e. The lowest BCUT2D eigenvalue weighted by Crippen LogP contribution is -2.37. The quantitative estimate of drug-likeness (QED) is 0.857. The molecule has 0 spiro atoms. The van der Waals surface area contributed by atoms with E-state index in [1.165, 1.54) is 12.1 Å². The van der Waals surface area contributed by atoms with Crippen LogP contribution in [0.1, 0.15) is 51.5 Å². The van der Waals surface area contributed by atoms with E-state index in [1.54, 1.807) is 0 Å². The summed E-state index contributed by atoms with van der Waals surface area (Å²) in [6.07, 6.45) is 5.56. The zero-order valence-corrected chi connectivity index (χ0v) is 14.1. The number of ether oxygens (including phenoxy) is 1. The van der Waals surface area contributed by atoms with Crippen LogP contribution >= 0.6 is 0 Å². The van der Waals surface area contributed by atoms with Crippen molar-refractivity contribution in [3.05, 3.63) is 35.6 Å². The zero-order chi connectivity index (χ0) is 16.8. The van der Waals surface area contributed by atoms with Gasteiger partial charge in [-0.2, -0.15) is 0 Å². The standard InChI is InChI=1S/C19H28FNO2/c1-3-5-15-6-4-7-18(21)19(22)23-13(2)17(15)12-14-8-10-16(20)11-9-14/h8-11,13,15,17-18H,3-7,12,21H2,1-2H3/t13-,15-,17-,18-/m0/s1. The Morgan fingerprint density at radius 1 is 1.26 bits per heavy atom. The largest absolute Gasteiger partial charge is 0.461 e. The first-order chi connectivity index (χ1) is 11.0. The van der Waals surface area contributed by atoms with Crippen LogP contribution in [-0.4, -0.2) is 18.1 Å². The monoisotopic (exact) mass is 321 g/mol. The van der Waals surface area contributed by atoms with Crippen molar-refractivity contribution in [1.29, 1.82) is 0 Å². The van der Waals surface area contributed by atoms with E-state index in [2.05, 4.69) is 6.92 Å². The summed E-state index contributed by atoms with van der Waals surface area (Å²) in [6.45, 7) is 4.15. The molecule has 1 aliphatic rings. The molecule has 4 heteroatoms. The molecule has 0 aromatic heterocycles. The summed E-state index contributed by atoms with van der Waals surface area (Å²) < 4.78 is 18.8. The fourth-order valence-electron chi connectivity index (χ4n) is 3.63. The molecule has 2 N–H and O–H groups in total. The van der Waals surface area contributed by atoms with E-state index in [9.17, 15) is 9.18 Å². The number of nitrogens with two attached hydrogens (primary N) is 1. The minimum absolute atomic E-state index is 0.173. The van der Waals surface area contributed by atoms with E-state index in [1.807, 2.05) is 19.1 Å². The van der Waals surface area contributed by atoms with Gasteiger partial charge in [0.05, 0.1) is 0 Å². The van der Waals surface area contributed by atoms with Gasteiger partial charge in [0, 0.05) is 5.92 Å². The summed E-state index contributed by atoms with van der Waals surface area (Å²) in [5.74, 6) is 0.227. The maximum absolute atomic E-state index is 13.1. The maximum atomic E-state index is 13.1. The topological polar surface area (TPSA) is 52.3 Å². The molecule has 1 aromatic rings. The van der Waals surface area contributed by atoms with Crippen molar-refractivity contribution in [2.75, 3.05) is 0 Å². The van der Waals surface area contributed by atoms with Gasteiger partial charge in [-0.15, -0.1) is 0 Å². The van der Waals surface area contributed by atoms with Crippen LogP contribution in [0.25, 0.3) is 0 Å². The minimum Gasteiger partial charge on any atom is -0.461 e. The second-order valence-electron chi connectivity index (χ2n) is 6.72. The molecule has 0 amide bonds. The van der Waals surface area contributed by atoms with E-state index in [4.69, 9.17) is 10.5 Å². The van der Waals surface area contributed by atoms with Gasteiger partial charge in [0.15, 0.2) is 0 Å². The Labute approximate surface area is 138 Å². The van der Waals surface area contributed by atoms with Crippen molar-refractivity contribution < 1.29 is 13.9 Å². The molecule has 0 radical (unpaired) electrons. The Bertz CT molecular complexity index is 503. The van der Waals surface area contributed by atoms with Crippen molar-refractivity contribution in [2.45, 2.75) is 64.5 Å². The van der Waals surface area contributed by atoms with Crippen LogP contribution in [-0.2, 0) is 16.0 Å². The van der Waals surface area contributed by atoms with Crippen LogP contribution in [0.3, 0.4) is 0 Å². The van der Waals surface area contributed by atoms with Crippen molar-refractivity contribution in [1.82, 2.24) is 0 Å². The average Bonchev–Trinajstić information content (AvgIpc) is 2.56. The molecule has 1 fully saturated rings. The summed E-state index contributed by atoms with van der Waals surface area (Å²) in [6, 6.07) is 6.12. The predicted molar refractivity (Wildman–Crippen MR) is 89.4 cm³/mol. The van der Waals surface area contributed by atoms with Crippen LogP contribution < -0.4 is 5.73 Å². The summed E-state index contributed by atoms with van der Waals surface area (Å²) >= 11 is 0. The van der Waals surface area contributed by atoms with Crippen LogP contribution in [0.4, 0.5) is 4.39 Å². The Kier molecular flexibility index (Phi) is 6.58. The van der Waals surface area contributed by atoms with Crippen LogP contribution in [0.2, 0.25) is 0 Å². The molecule has 1 aromatic carbocycles. The number of halogens is 1. The Morgan fingerprint density at radius 3 is 2.61 bits per heavy atom.